The third-order valence-corrected chi connectivity index (χ3v) is 5.41. The van der Waals surface area contributed by atoms with Crippen LogP contribution in [0.25, 0.3) is 11.1 Å². The molecule has 2 amide bonds. The zero-order valence-corrected chi connectivity index (χ0v) is 19.7. The lowest BCUT2D eigenvalue weighted by atomic mass is 10.00. The molecule has 35 heavy (non-hydrogen) atoms. The SMILES string of the molecule is COCC[C@@H](C(=O)Nc1ccc(C(N)=O)nc1)n1cc(OC)c(-c2cc(Cl)ccc2C#N)cc1=O. The molecule has 1 aromatic carbocycles. The first-order chi connectivity index (χ1) is 16.8. The molecule has 0 spiro atoms. The fraction of sp³-hybridized carbons (Fsp3) is 0.208. The largest absolute Gasteiger partial charge is 0.495 e. The summed E-state index contributed by atoms with van der Waals surface area (Å²) in [6, 6.07) is 9.96. The minimum absolute atomic E-state index is 0.0493. The number of anilines is 1. The van der Waals surface area contributed by atoms with Gasteiger partial charge in [-0.3, -0.25) is 19.0 Å². The second-order valence-electron chi connectivity index (χ2n) is 7.39. The van der Waals surface area contributed by atoms with Gasteiger partial charge in [0.2, 0.25) is 5.91 Å². The quantitative estimate of drug-likeness (QED) is 0.463. The Bertz CT molecular complexity index is 1350. The molecule has 1 atom stereocenters. The number of methoxy groups -OCH3 is 2. The number of nitrogens with two attached hydrogens (primary N) is 1. The summed E-state index contributed by atoms with van der Waals surface area (Å²) in [5, 5.41) is 12.6. The van der Waals surface area contributed by atoms with E-state index >= 15 is 0 Å². The lowest BCUT2D eigenvalue weighted by Gasteiger charge is -2.21. The van der Waals surface area contributed by atoms with Crippen molar-refractivity contribution in [1.82, 2.24) is 9.55 Å². The third kappa shape index (κ3) is 5.84. The number of carbonyl (C=O) groups is 2. The van der Waals surface area contributed by atoms with Gasteiger partial charge in [0, 0.05) is 42.4 Å². The molecule has 0 radical (unpaired) electrons. The van der Waals surface area contributed by atoms with Crippen molar-refractivity contribution in [3.05, 3.63) is 75.4 Å². The maximum absolute atomic E-state index is 13.2. The number of hydrogen-bond acceptors (Lipinski definition) is 7. The maximum atomic E-state index is 13.2. The molecule has 2 aromatic heterocycles. The van der Waals surface area contributed by atoms with E-state index in [-0.39, 0.29) is 24.5 Å². The zero-order valence-electron chi connectivity index (χ0n) is 18.9. The van der Waals surface area contributed by atoms with Crippen molar-refractivity contribution in [2.24, 2.45) is 5.73 Å². The van der Waals surface area contributed by atoms with Crippen LogP contribution in [0.3, 0.4) is 0 Å². The van der Waals surface area contributed by atoms with Gasteiger partial charge in [-0.25, -0.2) is 4.98 Å². The highest BCUT2D eigenvalue weighted by molar-refractivity contribution is 6.31. The van der Waals surface area contributed by atoms with Crippen LogP contribution in [0.4, 0.5) is 5.69 Å². The molecule has 0 saturated heterocycles. The van der Waals surface area contributed by atoms with Crippen molar-refractivity contribution >= 4 is 29.1 Å². The van der Waals surface area contributed by atoms with E-state index in [0.717, 1.165) is 0 Å². The van der Waals surface area contributed by atoms with E-state index in [4.69, 9.17) is 26.8 Å². The number of ether oxygens (including phenoxy) is 2. The highest BCUT2D eigenvalue weighted by Crippen LogP contribution is 2.33. The first-order valence-corrected chi connectivity index (χ1v) is 10.7. The minimum Gasteiger partial charge on any atom is -0.495 e. The van der Waals surface area contributed by atoms with E-state index in [2.05, 4.69) is 16.4 Å². The van der Waals surface area contributed by atoms with Crippen LogP contribution >= 0.6 is 11.6 Å². The second kappa shape index (κ2) is 11.3. The van der Waals surface area contributed by atoms with Crippen LogP contribution < -0.4 is 21.3 Å². The molecule has 180 valence electrons. The van der Waals surface area contributed by atoms with Gasteiger partial charge in [0.05, 0.1) is 36.8 Å². The molecule has 0 bridgehead atoms. The van der Waals surface area contributed by atoms with E-state index in [1.165, 1.54) is 49.4 Å². The Balaban J connectivity index is 2.02. The van der Waals surface area contributed by atoms with E-state index in [1.807, 2.05) is 0 Å². The van der Waals surface area contributed by atoms with E-state index in [0.29, 0.717) is 27.4 Å². The Morgan fingerprint density at radius 3 is 2.60 bits per heavy atom. The molecule has 3 rings (SSSR count). The van der Waals surface area contributed by atoms with Crippen LogP contribution in [-0.2, 0) is 9.53 Å². The van der Waals surface area contributed by atoms with Crippen LogP contribution in [0, 0.1) is 11.3 Å². The lowest BCUT2D eigenvalue weighted by Crippen LogP contribution is -2.34. The molecular weight excluding hydrogens is 474 g/mol. The average molecular weight is 496 g/mol. The van der Waals surface area contributed by atoms with E-state index in [1.54, 1.807) is 18.2 Å². The highest BCUT2D eigenvalue weighted by atomic mass is 35.5. The van der Waals surface area contributed by atoms with Crippen LogP contribution in [0.15, 0.2) is 53.6 Å². The minimum atomic E-state index is -0.962. The number of carbonyl (C=O) groups excluding carboxylic acids is 2. The second-order valence-corrected chi connectivity index (χ2v) is 7.82. The number of pyridine rings is 2. The van der Waals surface area contributed by atoms with Crippen molar-refractivity contribution in [1.29, 1.82) is 5.26 Å². The predicted octanol–water partition coefficient (Wildman–Crippen LogP) is 2.76. The fourth-order valence-electron chi connectivity index (χ4n) is 3.45. The van der Waals surface area contributed by atoms with Gasteiger partial charge in [-0.1, -0.05) is 11.6 Å². The highest BCUT2D eigenvalue weighted by Gasteiger charge is 2.24. The van der Waals surface area contributed by atoms with Crippen molar-refractivity contribution in [2.45, 2.75) is 12.5 Å². The number of aromatic nitrogens is 2. The number of amides is 2. The lowest BCUT2D eigenvalue weighted by molar-refractivity contribution is -0.119. The summed E-state index contributed by atoms with van der Waals surface area (Å²) in [5.74, 6) is -0.932. The van der Waals surface area contributed by atoms with Crippen molar-refractivity contribution in [3.8, 4) is 22.9 Å². The van der Waals surface area contributed by atoms with Gasteiger partial charge in [0.25, 0.3) is 11.5 Å². The first-order valence-electron chi connectivity index (χ1n) is 10.3. The van der Waals surface area contributed by atoms with Gasteiger partial charge in [0.15, 0.2) is 0 Å². The molecule has 3 aromatic rings. The Morgan fingerprint density at radius 2 is 2.00 bits per heavy atom. The van der Waals surface area contributed by atoms with Crippen LogP contribution in [-0.4, -0.2) is 42.2 Å². The predicted molar refractivity (Wildman–Crippen MR) is 129 cm³/mol. The number of primary amides is 1. The number of hydrogen-bond donors (Lipinski definition) is 2. The summed E-state index contributed by atoms with van der Waals surface area (Å²) < 4.78 is 11.9. The molecule has 0 aliphatic heterocycles. The average Bonchev–Trinajstić information content (AvgIpc) is 2.85. The monoisotopic (exact) mass is 495 g/mol. The smallest absolute Gasteiger partial charge is 0.267 e. The van der Waals surface area contributed by atoms with Gasteiger partial charge in [-0.05, 0) is 30.3 Å². The number of nitrogens with zero attached hydrogens (tertiary/aromatic N) is 3. The van der Waals surface area contributed by atoms with Crippen LogP contribution in [0.2, 0.25) is 5.02 Å². The fourth-order valence-corrected chi connectivity index (χ4v) is 3.62. The van der Waals surface area contributed by atoms with Crippen LogP contribution in [0.5, 0.6) is 5.75 Å². The third-order valence-electron chi connectivity index (χ3n) is 5.17. The summed E-state index contributed by atoms with van der Waals surface area (Å²) in [7, 11) is 2.90. The molecule has 0 aliphatic rings. The van der Waals surface area contributed by atoms with E-state index in [9.17, 15) is 19.6 Å². The Morgan fingerprint density at radius 1 is 1.23 bits per heavy atom. The first kappa shape index (κ1) is 25.4. The Kier molecular flexibility index (Phi) is 8.20. The Hall–Kier alpha value is -4.20. The maximum Gasteiger partial charge on any atom is 0.267 e. The van der Waals surface area contributed by atoms with Gasteiger partial charge in [-0.2, -0.15) is 5.26 Å². The van der Waals surface area contributed by atoms with Crippen molar-refractivity contribution in [3.63, 3.8) is 0 Å². The number of rotatable bonds is 9. The number of nitriles is 1. The summed E-state index contributed by atoms with van der Waals surface area (Å²) in [6.45, 7) is 0.195. The van der Waals surface area contributed by atoms with Gasteiger partial charge < -0.3 is 20.5 Å². The van der Waals surface area contributed by atoms with Gasteiger partial charge >= 0.3 is 0 Å². The molecule has 11 heteroatoms. The number of halogens is 1. The van der Waals surface area contributed by atoms with Gasteiger partial charge in [-0.15, -0.1) is 0 Å². The summed E-state index contributed by atoms with van der Waals surface area (Å²) in [6.07, 6.45) is 2.88. The molecule has 0 fully saturated rings. The molecular formula is C24H22ClN5O5. The topological polar surface area (TPSA) is 149 Å². The summed E-state index contributed by atoms with van der Waals surface area (Å²) in [5.41, 5.74) is 6.17. The summed E-state index contributed by atoms with van der Waals surface area (Å²) >= 11 is 6.11. The van der Waals surface area contributed by atoms with E-state index < -0.39 is 23.4 Å². The molecule has 2 heterocycles. The van der Waals surface area contributed by atoms with Crippen molar-refractivity contribution < 1.29 is 19.1 Å². The molecule has 10 nitrogen and oxygen atoms in total. The number of nitrogens with one attached hydrogen (secondary N) is 1. The Labute approximate surface area is 205 Å². The normalized spacial score (nSPS) is 11.4. The molecule has 0 unspecified atom stereocenters. The number of benzene rings is 1. The molecule has 0 saturated carbocycles. The zero-order chi connectivity index (χ0) is 25.5. The molecule has 0 aliphatic carbocycles. The van der Waals surface area contributed by atoms with Gasteiger partial charge in [0.1, 0.15) is 17.5 Å². The van der Waals surface area contributed by atoms with Crippen molar-refractivity contribution in [2.75, 3.05) is 26.1 Å². The molecule has 3 N–H and O–H groups in total. The standard InChI is InChI=1S/C24H22ClN5O5/c1-34-8-7-20(24(33)29-16-5-6-19(23(27)32)28-12-16)30-13-21(35-2)18(10-22(30)31)17-9-15(25)4-3-14(17)11-26/h3-6,9-10,12-13,20H,7-8H2,1-2H3,(H2,27,32)(H,29,33)/t20-/m0/s1. The van der Waals surface area contributed by atoms with Crippen LogP contribution in [0.1, 0.15) is 28.5 Å². The summed E-state index contributed by atoms with van der Waals surface area (Å²) in [4.78, 5) is 41.4.